The van der Waals surface area contributed by atoms with Gasteiger partial charge in [-0.2, -0.15) is 0 Å². The summed E-state index contributed by atoms with van der Waals surface area (Å²) in [6, 6.07) is 8.15. The van der Waals surface area contributed by atoms with Crippen LogP contribution in [0.1, 0.15) is 12.5 Å². The van der Waals surface area contributed by atoms with Crippen LogP contribution in [0.2, 0.25) is 0 Å². The van der Waals surface area contributed by atoms with E-state index in [1.165, 1.54) is 18.9 Å². The lowest BCUT2D eigenvalue weighted by molar-refractivity contribution is 0.415. The van der Waals surface area contributed by atoms with Crippen LogP contribution >= 0.6 is 35.3 Å². The fourth-order valence-corrected chi connectivity index (χ4v) is 5.02. The Kier molecular flexibility index (Phi) is 4.54. The lowest BCUT2D eigenvalue weighted by atomic mass is 10.2. The van der Waals surface area contributed by atoms with E-state index in [9.17, 15) is 0 Å². The van der Waals surface area contributed by atoms with Gasteiger partial charge in [0.25, 0.3) is 0 Å². The molecule has 0 N–H and O–H groups in total. The van der Waals surface area contributed by atoms with Crippen molar-refractivity contribution >= 4 is 41.4 Å². The van der Waals surface area contributed by atoms with Crippen molar-refractivity contribution in [2.45, 2.75) is 6.92 Å². The third kappa shape index (κ3) is 3.27. The van der Waals surface area contributed by atoms with Crippen LogP contribution in [0.4, 0.5) is 0 Å². The number of methoxy groups -OCH3 is 1. The fraction of sp³-hybridized carbons (Fsp3) is 0.231. The normalized spacial score (nSPS) is 17.9. The zero-order valence-corrected chi connectivity index (χ0v) is 12.5. The lowest BCUT2D eigenvalue weighted by Gasteiger charge is -2.00. The maximum Gasteiger partial charge on any atom is 0.118 e. The van der Waals surface area contributed by atoms with Gasteiger partial charge in [-0.25, -0.2) is 0 Å². The molecule has 17 heavy (non-hydrogen) atoms. The van der Waals surface area contributed by atoms with Crippen molar-refractivity contribution in [1.29, 1.82) is 0 Å². The maximum absolute atomic E-state index is 5.15. The van der Waals surface area contributed by atoms with Crippen LogP contribution in [0, 0.1) is 0 Å². The molecule has 0 saturated heterocycles. The molecule has 0 unspecified atom stereocenters. The predicted molar refractivity (Wildman–Crippen MR) is 82.4 cm³/mol. The van der Waals surface area contributed by atoms with Crippen molar-refractivity contribution in [1.82, 2.24) is 0 Å². The molecular weight excluding hydrogens is 268 g/mol. The van der Waals surface area contributed by atoms with E-state index in [0.29, 0.717) is 0 Å². The summed E-state index contributed by atoms with van der Waals surface area (Å²) in [5, 5.41) is 0. The molecule has 0 saturated carbocycles. The topological polar surface area (TPSA) is 9.23 Å². The molecule has 1 aliphatic rings. The van der Waals surface area contributed by atoms with E-state index < -0.39 is 0 Å². The largest absolute Gasteiger partial charge is 0.497 e. The molecule has 1 aromatic rings. The second kappa shape index (κ2) is 5.94. The van der Waals surface area contributed by atoms with Gasteiger partial charge in [0, 0.05) is 4.91 Å². The molecule has 2 rings (SSSR count). The summed E-state index contributed by atoms with van der Waals surface area (Å²) >= 11 is 5.54. The van der Waals surface area contributed by atoms with E-state index in [-0.39, 0.29) is 0 Å². The molecule has 1 aliphatic heterocycles. The van der Waals surface area contributed by atoms with Crippen LogP contribution in [-0.2, 0) is 0 Å². The Balaban J connectivity index is 2.11. The minimum Gasteiger partial charge on any atom is -0.497 e. The number of ether oxygens (including phenoxy) is 1. The van der Waals surface area contributed by atoms with E-state index >= 15 is 0 Å². The molecule has 0 atom stereocenters. The van der Waals surface area contributed by atoms with E-state index in [1.54, 1.807) is 7.11 Å². The van der Waals surface area contributed by atoms with Gasteiger partial charge in [0.05, 0.1) is 15.6 Å². The van der Waals surface area contributed by atoms with Crippen LogP contribution in [0.5, 0.6) is 5.75 Å². The molecule has 0 bridgehead atoms. The summed E-state index contributed by atoms with van der Waals surface area (Å²) in [7, 11) is 1.69. The van der Waals surface area contributed by atoms with Crippen LogP contribution in [-0.4, -0.2) is 13.4 Å². The van der Waals surface area contributed by atoms with Crippen LogP contribution in [0.3, 0.4) is 0 Å². The highest BCUT2D eigenvalue weighted by Crippen LogP contribution is 2.53. The number of hydrogen-bond donors (Lipinski definition) is 0. The van der Waals surface area contributed by atoms with Crippen molar-refractivity contribution in [2.75, 3.05) is 13.4 Å². The summed E-state index contributed by atoms with van der Waals surface area (Å²) in [5.41, 5.74) is 1.22. The number of allylic oxidation sites excluding steroid dienone is 1. The fourth-order valence-electron chi connectivity index (χ4n) is 1.46. The molecule has 1 aromatic carbocycles. The molecule has 0 spiro atoms. The van der Waals surface area contributed by atoms with Gasteiger partial charge in [-0.15, -0.1) is 11.8 Å². The standard InChI is InChI=1S/C13H14OS3/c1-9-13(15-3)17-12(16-9)8-10-4-6-11(14-2)7-5-10/h4-8H,1-3H3/b12-8-. The first-order valence-corrected chi connectivity index (χ1v) is 8.05. The number of benzene rings is 1. The summed E-state index contributed by atoms with van der Waals surface area (Å²) in [6.07, 6.45) is 4.35. The van der Waals surface area contributed by atoms with E-state index in [1.807, 2.05) is 47.4 Å². The summed E-state index contributed by atoms with van der Waals surface area (Å²) < 4.78 is 7.90. The van der Waals surface area contributed by atoms with Crippen molar-refractivity contribution in [3.8, 4) is 5.75 Å². The van der Waals surface area contributed by atoms with Crippen molar-refractivity contribution in [2.24, 2.45) is 0 Å². The Morgan fingerprint density at radius 1 is 1.18 bits per heavy atom. The first kappa shape index (κ1) is 13.0. The molecule has 0 amide bonds. The minimum absolute atomic E-state index is 0.901. The summed E-state index contributed by atoms with van der Waals surface area (Å²) in [5.74, 6) is 0.901. The third-order valence-electron chi connectivity index (χ3n) is 2.32. The van der Waals surface area contributed by atoms with Gasteiger partial charge in [-0.1, -0.05) is 35.7 Å². The van der Waals surface area contributed by atoms with Crippen molar-refractivity contribution in [3.05, 3.63) is 43.2 Å². The molecule has 1 nitrogen and oxygen atoms in total. The van der Waals surface area contributed by atoms with Crippen molar-refractivity contribution < 1.29 is 4.74 Å². The Hall–Kier alpha value is -0.450. The van der Waals surface area contributed by atoms with Gasteiger partial charge < -0.3 is 4.74 Å². The first-order chi connectivity index (χ1) is 8.22. The molecule has 1 heterocycles. The zero-order valence-electron chi connectivity index (χ0n) is 10.0. The van der Waals surface area contributed by atoms with E-state index in [4.69, 9.17) is 4.74 Å². The maximum atomic E-state index is 5.15. The van der Waals surface area contributed by atoms with Crippen LogP contribution in [0.15, 0.2) is 37.6 Å². The van der Waals surface area contributed by atoms with Gasteiger partial charge >= 0.3 is 0 Å². The number of rotatable bonds is 3. The van der Waals surface area contributed by atoms with Gasteiger partial charge in [-0.05, 0) is 37.0 Å². The van der Waals surface area contributed by atoms with Gasteiger partial charge in [-0.3, -0.25) is 0 Å². The molecular formula is C13H14OS3. The molecule has 0 aromatic heterocycles. The van der Waals surface area contributed by atoms with Gasteiger partial charge in [0.15, 0.2) is 0 Å². The van der Waals surface area contributed by atoms with Gasteiger partial charge in [0.2, 0.25) is 0 Å². The van der Waals surface area contributed by atoms with Crippen LogP contribution in [0.25, 0.3) is 6.08 Å². The SMILES string of the molecule is COc1ccc(/C=C2/SC(C)=C(SC)S2)cc1. The summed E-state index contributed by atoms with van der Waals surface area (Å²) in [4.78, 5) is 1.40. The quantitative estimate of drug-likeness (QED) is 0.769. The minimum atomic E-state index is 0.901. The van der Waals surface area contributed by atoms with E-state index in [2.05, 4.69) is 31.4 Å². The highest BCUT2D eigenvalue weighted by molar-refractivity contribution is 8.35. The highest BCUT2D eigenvalue weighted by Gasteiger charge is 2.16. The second-order valence-electron chi connectivity index (χ2n) is 3.49. The average molecular weight is 282 g/mol. The highest BCUT2D eigenvalue weighted by atomic mass is 32.2. The zero-order chi connectivity index (χ0) is 12.3. The molecule has 4 heteroatoms. The molecule has 0 radical (unpaired) electrons. The van der Waals surface area contributed by atoms with E-state index in [0.717, 1.165) is 5.75 Å². The predicted octanol–water partition coefficient (Wildman–Crippen LogP) is 5.03. The average Bonchev–Trinajstić information content (AvgIpc) is 2.70. The number of hydrogen-bond acceptors (Lipinski definition) is 4. The van der Waals surface area contributed by atoms with Crippen LogP contribution < -0.4 is 4.74 Å². The van der Waals surface area contributed by atoms with Crippen molar-refractivity contribution in [3.63, 3.8) is 0 Å². The monoisotopic (exact) mass is 282 g/mol. The summed E-state index contributed by atoms with van der Waals surface area (Å²) in [6.45, 7) is 2.18. The molecule has 90 valence electrons. The molecule has 0 fully saturated rings. The first-order valence-electron chi connectivity index (χ1n) is 5.19. The number of thioether (sulfide) groups is 3. The molecule has 0 aliphatic carbocycles. The Labute approximate surface area is 115 Å². The Bertz CT molecular complexity index is 460. The Morgan fingerprint density at radius 3 is 2.41 bits per heavy atom. The lowest BCUT2D eigenvalue weighted by Crippen LogP contribution is -1.81. The van der Waals surface area contributed by atoms with Gasteiger partial charge in [0.1, 0.15) is 5.75 Å². The Morgan fingerprint density at radius 2 is 1.88 bits per heavy atom. The second-order valence-corrected chi connectivity index (χ2v) is 7.13. The third-order valence-corrected chi connectivity index (χ3v) is 6.15. The smallest absolute Gasteiger partial charge is 0.118 e.